The molecule has 11 aromatic rings. The van der Waals surface area contributed by atoms with Gasteiger partial charge in [0.05, 0.1) is 0 Å². The molecule has 0 saturated heterocycles. The van der Waals surface area contributed by atoms with Gasteiger partial charge < -0.3 is 24.9 Å². The highest BCUT2D eigenvalue weighted by Crippen LogP contribution is 2.49. The topological polar surface area (TPSA) is 25.0 Å². The van der Waals surface area contributed by atoms with Crippen molar-refractivity contribution in [3.8, 4) is 0 Å². The van der Waals surface area contributed by atoms with Crippen molar-refractivity contribution in [1.82, 2.24) is 0 Å². The van der Waals surface area contributed by atoms with Crippen LogP contribution in [-0.2, 0) is 0 Å². The van der Waals surface area contributed by atoms with Crippen LogP contribution < -0.4 is 24.9 Å². The number of anilines is 14. The molecule has 1 N–H and O–H groups in total. The Balaban J connectivity index is 0.000000470. The quantitative estimate of drug-likeness (QED) is 0.109. The van der Waals surface area contributed by atoms with E-state index in [4.69, 9.17) is 0 Å². The van der Waals surface area contributed by atoms with Gasteiger partial charge in [0.2, 0.25) is 0 Å². The Morgan fingerprint density at radius 1 is 0.207 bits per heavy atom. The average molecular weight is 1070 g/mol. The molecule has 11 aromatic carbocycles. The van der Waals surface area contributed by atoms with Crippen molar-refractivity contribution < 1.29 is 0 Å². The van der Waals surface area contributed by atoms with E-state index in [1.165, 1.54) is 55.6 Å². The second kappa shape index (κ2) is 25.7. The Bertz CT molecular complexity index is 3590. The van der Waals surface area contributed by atoms with Crippen LogP contribution in [0.15, 0.2) is 255 Å². The van der Waals surface area contributed by atoms with E-state index >= 15 is 0 Å². The molecule has 3 radical (unpaired) electrons. The lowest BCUT2D eigenvalue weighted by atomic mass is 9.98. The smallest absolute Gasteiger partial charge is 0.0495 e. The molecular formula is C76H73BN5. The van der Waals surface area contributed by atoms with E-state index in [2.05, 4.69) is 331 Å². The molecule has 0 aliphatic heterocycles. The molecule has 0 bridgehead atoms. The number of benzene rings is 11. The predicted octanol–water partition coefficient (Wildman–Crippen LogP) is 21.7. The van der Waals surface area contributed by atoms with Gasteiger partial charge in [0, 0.05) is 88.0 Å². The Hall–Kier alpha value is -9.52. The van der Waals surface area contributed by atoms with E-state index in [-0.39, 0.29) is 8.41 Å². The highest BCUT2D eigenvalue weighted by Gasteiger charge is 2.26. The van der Waals surface area contributed by atoms with Crippen molar-refractivity contribution in [3.63, 3.8) is 0 Å². The summed E-state index contributed by atoms with van der Waals surface area (Å²) in [6.07, 6.45) is 0. The molecule has 11 rings (SSSR count). The van der Waals surface area contributed by atoms with Gasteiger partial charge in [0.1, 0.15) is 0 Å². The Morgan fingerprint density at radius 2 is 0.439 bits per heavy atom. The maximum Gasteiger partial charge on any atom is 0.0495 e. The van der Waals surface area contributed by atoms with Crippen LogP contribution >= 0.6 is 0 Å². The Kier molecular flexibility index (Phi) is 17.9. The van der Waals surface area contributed by atoms with Crippen molar-refractivity contribution in [3.05, 3.63) is 310 Å². The molecule has 0 heterocycles. The maximum absolute atomic E-state index is 3.34. The standard InChI is InChI=1S/C63H60N4.C13H13N.B/c1-43-22-19-31-55(34-43)64(52-25-13-10-14-26-52)58-37-49(7)61(40-46(58)4)67(62-41-47(5)59(38-50(62)8)65(53-27-15-11-16-28-53)56-32-20-23-44(2)35-56)63-42-48(6)60(39-51(63)9)66(54-29-17-12-18-30-54)57-33-21-24-45(3)36-57;1-11-6-5-9-13(10-11)14-12-7-3-2-4-8-12;/h10-42H,1-9H3;2-10,14H,1H3;. The number of rotatable bonds is 14. The van der Waals surface area contributed by atoms with Crippen LogP contribution in [-0.4, -0.2) is 8.41 Å². The molecule has 405 valence electrons. The lowest BCUT2D eigenvalue weighted by Gasteiger charge is -2.35. The monoisotopic (exact) mass is 1070 g/mol. The second-order valence-corrected chi connectivity index (χ2v) is 21.5. The van der Waals surface area contributed by atoms with Crippen molar-refractivity contribution in [1.29, 1.82) is 0 Å². The molecule has 0 aromatic heterocycles. The normalized spacial score (nSPS) is 10.7. The molecule has 82 heavy (non-hydrogen) atoms. The molecule has 0 spiro atoms. The number of para-hydroxylation sites is 4. The number of hydrogen-bond acceptors (Lipinski definition) is 5. The lowest BCUT2D eigenvalue weighted by molar-refractivity contribution is 1.15. The summed E-state index contributed by atoms with van der Waals surface area (Å²) in [6.45, 7) is 22.1. The first-order valence-corrected chi connectivity index (χ1v) is 28.1. The van der Waals surface area contributed by atoms with Crippen LogP contribution in [0.3, 0.4) is 0 Å². The van der Waals surface area contributed by atoms with E-state index < -0.39 is 0 Å². The fourth-order valence-corrected chi connectivity index (χ4v) is 10.9. The molecule has 0 unspecified atom stereocenters. The molecule has 5 nitrogen and oxygen atoms in total. The van der Waals surface area contributed by atoms with Crippen LogP contribution in [0, 0.1) is 69.2 Å². The van der Waals surface area contributed by atoms with Gasteiger partial charge in [-0.3, -0.25) is 0 Å². The first-order chi connectivity index (χ1) is 39.3. The van der Waals surface area contributed by atoms with Crippen LogP contribution in [0.5, 0.6) is 0 Å². The number of nitrogens with zero attached hydrogens (tertiary/aromatic N) is 4. The van der Waals surface area contributed by atoms with Crippen LogP contribution in [0.2, 0.25) is 0 Å². The second-order valence-electron chi connectivity index (χ2n) is 21.5. The first kappa shape index (κ1) is 57.2. The molecular weight excluding hydrogens is 994 g/mol. The van der Waals surface area contributed by atoms with Gasteiger partial charge in [-0.2, -0.15) is 0 Å². The summed E-state index contributed by atoms with van der Waals surface area (Å²) in [4.78, 5) is 9.70. The van der Waals surface area contributed by atoms with Crippen molar-refractivity contribution in [2.45, 2.75) is 69.2 Å². The summed E-state index contributed by atoms with van der Waals surface area (Å²) >= 11 is 0. The molecule has 0 amide bonds. The predicted molar refractivity (Wildman–Crippen MR) is 354 cm³/mol. The molecule has 0 fully saturated rings. The van der Waals surface area contributed by atoms with Crippen LogP contribution in [0.25, 0.3) is 0 Å². The van der Waals surface area contributed by atoms with Gasteiger partial charge in [0.15, 0.2) is 0 Å². The van der Waals surface area contributed by atoms with Crippen molar-refractivity contribution >= 4 is 88.0 Å². The summed E-state index contributed by atoms with van der Waals surface area (Å²) < 4.78 is 0. The zero-order valence-electron chi connectivity index (χ0n) is 49.1. The third-order valence-electron chi connectivity index (χ3n) is 14.9. The molecule has 0 aliphatic carbocycles. The number of nitrogens with one attached hydrogen (secondary N) is 1. The maximum atomic E-state index is 3.34. The zero-order valence-corrected chi connectivity index (χ0v) is 49.1. The minimum absolute atomic E-state index is 0. The van der Waals surface area contributed by atoms with E-state index in [1.54, 1.807) is 0 Å². The SMILES string of the molecule is Cc1cccc(N(c2ccccc2)c2cc(C)c(N(c3cc(C)c(N(c4ccccc4)c4cccc(C)c4)cc3C)c3cc(C)c(N(c4ccccc4)c4cccc(C)c4)cc3C)cc2C)c1.Cc1cccc(Nc2ccccc2)c1.[B]. The highest BCUT2D eigenvalue weighted by molar-refractivity contribution is 5.91. The van der Waals surface area contributed by atoms with E-state index in [0.29, 0.717) is 0 Å². The first-order valence-electron chi connectivity index (χ1n) is 28.1. The fourth-order valence-electron chi connectivity index (χ4n) is 10.9. The van der Waals surface area contributed by atoms with Gasteiger partial charge in [0.25, 0.3) is 0 Å². The van der Waals surface area contributed by atoms with Crippen LogP contribution in [0.1, 0.15) is 55.6 Å². The molecule has 0 aliphatic rings. The van der Waals surface area contributed by atoms with E-state index in [0.717, 1.165) is 79.6 Å². The van der Waals surface area contributed by atoms with Crippen molar-refractivity contribution in [2.24, 2.45) is 0 Å². The molecule has 0 saturated carbocycles. The summed E-state index contributed by atoms with van der Waals surface area (Å²) in [5.41, 5.74) is 27.9. The largest absolute Gasteiger partial charge is 0.356 e. The third-order valence-corrected chi connectivity index (χ3v) is 14.9. The van der Waals surface area contributed by atoms with Gasteiger partial charge in [-0.25, -0.2) is 0 Å². The highest BCUT2D eigenvalue weighted by atomic mass is 15.2. The van der Waals surface area contributed by atoms with E-state index in [1.807, 2.05) is 18.2 Å². The molecule has 0 atom stereocenters. The summed E-state index contributed by atoms with van der Waals surface area (Å²) in [7, 11) is 0. The summed E-state index contributed by atoms with van der Waals surface area (Å²) in [5, 5.41) is 3.34. The lowest BCUT2D eigenvalue weighted by Crippen LogP contribution is -2.18. The van der Waals surface area contributed by atoms with E-state index in [9.17, 15) is 0 Å². The fraction of sp³-hybridized carbons (Fsp3) is 0.132. The van der Waals surface area contributed by atoms with Crippen LogP contribution in [0.4, 0.5) is 79.6 Å². The van der Waals surface area contributed by atoms with Crippen molar-refractivity contribution in [2.75, 3.05) is 24.9 Å². The average Bonchev–Trinajstić information content (AvgIpc) is 3.51. The number of hydrogen-bond donors (Lipinski definition) is 1. The van der Waals surface area contributed by atoms with Gasteiger partial charge >= 0.3 is 0 Å². The molecule has 6 heteroatoms. The summed E-state index contributed by atoms with van der Waals surface area (Å²) in [6, 6.07) is 91.4. The zero-order chi connectivity index (χ0) is 56.6. The minimum Gasteiger partial charge on any atom is -0.356 e. The Labute approximate surface area is 490 Å². The van der Waals surface area contributed by atoms with Gasteiger partial charge in [-0.05, 0) is 258 Å². The third kappa shape index (κ3) is 12.9. The van der Waals surface area contributed by atoms with Gasteiger partial charge in [-0.15, -0.1) is 0 Å². The minimum atomic E-state index is 0. The Morgan fingerprint density at radius 3 is 0.720 bits per heavy atom. The summed E-state index contributed by atoms with van der Waals surface area (Å²) in [5.74, 6) is 0. The number of aryl methyl sites for hydroxylation is 10. The van der Waals surface area contributed by atoms with Gasteiger partial charge in [-0.1, -0.05) is 121 Å².